The second-order valence-corrected chi connectivity index (χ2v) is 4.88. The summed E-state index contributed by atoms with van der Waals surface area (Å²) in [6.45, 7) is 9.02. The van der Waals surface area contributed by atoms with Crippen molar-refractivity contribution in [3.8, 4) is 0 Å². The Balaban J connectivity index is 1.97. The maximum absolute atomic E-state index is 4.51. The number of nitrogens with zero attached hydrogens (tertiary/aromatic N) is 3. The summed E-state index contributed by atoms with van der Waals surface area (Å²) in [4.78, 5) is 8.82. The van der Waals surface area contributed by atoms with E-state index in [0.717, 1.165) is 37.4 Å². The molecule has 0 aromatic carbocycles. The van der Waals surface area contributed by atoms with Gasteiger partial charge in [-0.05, 0) is 38.4 Å². The molecule has 4 heteroatoms. The molecule has 1 N–H and O–H groups in total. The van der Waals surface area contributed by atoms with Crippen LogP contribution in [-0.4, -0.2) is 21.1 Å². The molecule has 2 aromatic heterocycles. The Morgan fingerprint density at radius 2 is 2.05 bits per heavy atom. The SMILES string of the molecule is CCCNCc1ccc(Cn2cnc(C)c2C)nc1. The summed E-state index contributed by atoms with van der Waals surface area (Å²) in [6, 6.07) is 4.24. The number of aromatic nitrogens is 3. The molecule has 2 aromatic rings. The van der Waals surface area contributed by atoms with E-state index >= 15 is 0 Å². The third-order valence-electron chi connectivity index (χ3n) is 3.32. The molecule has 4 nitrogen and oxygen atoms in total. The van der Waals surface area contributed by atoms with Crippen LogP contribution in [0, 0.1) is 13.8 Å². The Hall–Kier alpha value is -1.68. The van der Waals surface area contributed by atoms with Gasteiger partial charge in [-0.15, -0.1) is 0 Å². The van der Waals surface area contributed by atoms with Crippen LogP contribution in [0.25, 0.3) is 0 Å². The molecule has 0 aliphatic heterocycles. The van der Waals surface area contributed by atoms with E-state index < -0.39 is 0 Å². The van der Waals surface area contributed by atoms with Crippen LogP contribution in [0.15, 0.2) is 24.7 Å². The van der Waals surface area contributed by atoms with E-state index in [1.807, 2.05) is 19.4 Å². The van der Waals surface area contributed by atoms with Gasteiger partial charge >= 0.3 is 0 Å². The lowest BCUT2D eigenvalue weighted by Gasteiger charge is -2.07. The maximum Gasteiger partial charge on any atom is 0.0955 e. The Kier molecular flexibility index (Phi) is 4.68. The minimum atomic E-state index is 0.787. The summed E-state index contributed by atoms with van der Waals surface area (Å²) in [5, 5.41) is 3.38. The number of pyridine rings is 1. The molecule has 19 heavy (non-hydrogen) atoms. The van der Waals surface area contributed by atoms with E-state index in [1.165, 1.54) is 11.3 Å². The zero-order chi connectivity index (χ0) is 13.7. The Labute approximate surface area is 114 Å². The molecule has 0 fully saturated rings. The topological polar surface area (TPSA) is 42.7 Å². The third kappa shape index (κ3) is 3.64. The molecular formula is C15H22N4. The van der Waals surface area contributed by atoms with Gasteiger partial charge in [-0.25, -0.2) is 4.98 Å². The predicted molar refractivity (Wildman–Crippen MR) is 77.0 cm³/mol. The molecular weight excluding hydrogens is 236 g/mol. The number of hydrogen-bond acceptors (Lipinski definition) is 3. The number of nitrogens with one attached hydrogen (secondary N) is 1. The molecule has 0 atom stereocenters. The van der Waals surface area contributed by atoms with Gasteiger partial charge in [0.2, 0.25) is 0 Å². The van der Waals surface area contributed by atoms with Gasteiger partial charge in [0.25, 0.3) is 0 Å². The minimum Gasteiger partial charge on any atom is -0.329 e. The summed E-state index contributed by atoms with van der Waals surface area (Å²) in [7, 11) is 0. The lowest BCUT2D eigenvalue weighted by atomic mass is 10.2. The van der Waals surface area contributed by atoms with Crippen LogP contribution < -0.4 is 5.32 Å². The van der Waals surface area contributed by atoms with Crippen molar-refractivity contribution >= 4 is 0 Å². The first-order chi connectivity index (χ1) is 9.20. The fourth-order valence-electron chi connectivity index (χ4n) is 1.94. The predicted octanol–water partition coefficient (Wildman–Crippen LogP) is 2.44. The molecule has 0 radical (unpaired) electrons. The van der Waals surface area contributed by atoms with Gasteiger partial charge in [0, 0.05) is 18.4 Å². The van der Waals surface area contributed by atoms with Crippen LogP contribution in [0.2, 0.25) is 0 Å². The number of rotatable bonds is 6. The summed E-state index contributed by atoms with van der Waals surface area (Å²) in [5.41, 5.74) is 4.59. The first-order valence-corrected chi connectivity index (χ1v) is 6.83. The van der Waals surface area contributed by atoms with Crippen LogP contribution in [0.1, 0.15) is 36.0 Å². The summed E-state index contributed by atoms with van der Waals surface area (Å²) < 4.78 is 2.13. The highest BCUT2D eigenvalue weighted by Gasteiger charge is 2.03. The van der Waals surface area contributed by atoms with Crippen LogP contribution in [0.5, 0.6) is 0 Å². The first kappa shape index (κ1) is 13.7. The second-order valence-electron chi connectivity index (χ2n) is 4.88. The highest BCUT2D eigenvalue weighted by molar-refractivity contribution is 5.16. The lowest BCUT2D eigenvalue weighted by molar-refractivity contribution is 0.672. The molecule has 0 unspecified atom stereocenters. The molecule has 0 amide bonds. The van der Waals surface area contributed by atoms with Gasteiger partial charge < -0.3 is 9.88 Å². The first-order valence-electron chi connectivity index (χ1n) is 6.83. The van der Waals surface area contributed by atoms with Crippen LogP contribution >= 0.6 is 0 Å². The molecule has 0 aliphatic rings. The van der Waals surface area contributed by atoms with Crippen molar-refractivity contribution in [3.63, 3.8) is 0 Å². The number of hydrogen-bond donors (Lipinski definition) is 1. The molecule has 0 saturated heterocycles. The number of aryl methyl sites for hydroxylation is 1. The molecule has 0 bridgehead atoms. The van der Waals surface area contributed by atoms with Crippen molar-refractivity contribution in [1.82, 2.24) is 19.9 Å². The summed E-state index contributed by atoms with van der Waals surface area (Å²) in [5.74, 6) is 0. The van der Waals surface area contributed by atoms with Gasteiger partial charge in [-0.1, -0.05) is 13.0 Å². The van der Waals surface area contributed by atoms with Gasteiger partial charge in [0.1, 0.15) is 0 Å². The maximum atomic E-state index is 4.51. The van der Waals surface area contributed by atoms with Crippen LogP contribution in [0.4, 0.5) is 0 Å². The highest BCUT2D eigenvalue weighted by Crippen LogP contribution is 2.08. The van der Waals surface area contributed by atoms with E-state index in [-0.39, 0.29) is 0 Å². The number of imidazole rings is 1. The Morgan fingerprint density at radius 1 is 1.21 bits per heavy atom. The van der Waals surface area contributed by atoms with E-state index in [1.54, 1.807) is 0 Å². The molecule has 2 rings (SSSR count). The fourth-order valence-corrected chi connectivity index (χ4v) is 1.94. The van der Waals surface area contributed by atoms with Crippen molar-refractivity contribution in [2.45, 2.75) is 40.3 Å². The normalized spacial score (nSPS) is 10.9. The van der Waals surface area contributed by atoms with Gasteiger partial charge in [-0.2, -0.15) is 0 Å². The third-order valence-corrected chi connectivity index (χ3v) is 3.32. The quantitative estimate of drug-likeness (QED) is 0.809. The van der Waals surface area contributed by atoms with Gasteiger partial charge in [0.15, 0.2) is 0 Å². The van der Waals surface area contributed by atoms with Crippen LogP contribution in [0.3, 0.4) is 0 Å². The average molecular weight is 258 g/mol. The lowest BCUT2D eigenvalue weighted by Crippen LogP contribution is -2.14. The highest BCUT2D eigenvalue weighted by atomic mass is 15.1. The zero-order valence-corrected chi connectivity index (χ0v) is 12.0. The van der Waals surface area contributed by atoms with Crippen molar-refractivity contribution in [2.75, 3.05) is 6.54 Å². The van der Waals surface area contributed by atoms with Gasteiger partial charge in [0.05, 0.1) is 24.3 Å². The largest absolute Gasteiger partial charge is 0.329 e. The monoisotopic (exact) mass is 258 g/mol. The van der Waals surface area contributed by atoms with Crippen molar-refractivity contribution in [3.05, 3.63) is 47.3 Å². The van der Waals surface area contributed by atoms with Crippen molar-refractivity contribution < 1.29 is 0 Å². The van der Waals surface area contributed by atoms with Crippen molar-refractivity contribution in [1.29, 1.82) is 0 Å². The van der Waals surface area contributed by atoms with E-state index in [4.69, 9.17) is 0 Å². The van der Waals surface area contributed by atoms with Gasteiger partial charge in [-0.3, -0.25) is 4.98 Å². The second kappa shape index (κ2) is 6.48. The van der Waals surface area contributed by atoms with Crippen LogP contribution in [-0.2, 0) is 13.1 Å². The zero-order valence-electron chi connectivity index (χ0n) is 12.0. The van der Waals surface area contributed by atoms with Crippen molar-refractivity contribution in [2.24, 2.45) is 0 Å². The summed E-state index contributed by atoms with van der Waals surface area (Å²) in [6.07, 6.45) is 4.99. The van der Waals surface area contributed by atoms with E-state index in [2.05, 4.69) is 45.8 Å². The summed E-state index contributed by atoms with van der Waals surface area (Å²) >= 11 is 0. The standard InChI is InChI=1S/C15H22N4/c1-4-7-16-8-14-5-6-15(17-9-14)10-19-11-18-12(2)13(19)3/h5-6,9,11,16H,4,7-8,10H2,1-3H3. The van der Waals surface area contributed by atoms with E-state index in [9.17, 15) is 0 Å². The molecule has 2 heterocycles. The smallest absolute Gasteiger partial charge is 0.0955 e. The fraction of sp³-hybridized carbons (Fsp3) is 0.467. The minimum absolute atomic E-state index is 0.787. The van der Waals surface area contributed by atoms with E-state index in [0.29, 0.717) is 0 Å². The Morgan fingerprint density at radius 3 is 2.63 bits per heavy atom. The molecule has 0 saturated carbocycles. The average Bonchev–Trinajstić information content (AvgIpc) is 2.73. The Bertz CT molecular complexity index is 513. The molecule has 102 valence electrons. The molecule has 0 aliphatic carbocycles. The molecule has 0 spiro atoms.